The van der Waals surface area contributed by atoms with Crippen LogP contribution in [-0.2, 0) is 0 Å². The molecule has 0 aromatic heterocycles. The maximum atomic E-state index is 11.0. The Morgan fingerprint density at radius 3 is 2.69 bits per heavy atom. The van der Waals surface area contributed by atoms with Crippen molar-refractivity contribution in [3.8, 4) is 5.75 Å². The standard InChI is InChI=1S/C8H7ClINO2/c1-13-5-3-2-4(10)6(7(5)9)8(11)12/h2-3H,1H3,(H2,11,12). The van der Waals surface area contributed by atoms with E-state index in [-0.39, 0.29) is 5.02 Å². The van der Waals surface area contributed by atoms with Gasteiger partial charge in [0.2, 0.25) is 0 Å². The van der Waals surface area contributed by atoms with Crippen LogP contribution in [0.2, 0.25) is 5.02 Å². The fourth-order valence-corrected chi connectivity index (χ4v) is 2.13. The highest BCUT2D eigenvalue weighted by Crippen LogP contribution is 2.30. The smallest absolute Gasteiger partial charge is 0.251 e. The number of rotatable bonds is 2. The van der Waals surface area contributed by atoms with Crippen LogP contribution < -0.4 is 10.5 Å². The average Bonchev–Trinajstić information content (AvgIpc) is 2.04. The Balaban J connectivity index is 3.38. The van der Waals surface area contributed by atoms with E-state index in [0.717, 1.165) is 3.57 Å². The first kappa shape index (κ1) is 10.6. The first-order chi connectivity index (χ1) is 6.07. The van der Waals surface area contributed by atoms with Crippen molar-refractivity contribution < 1.29 is 9.53 Å². The second kappa shape index (κ2) is 4.15. The molecule has 0 saturated heterocycles. The second-order valence-corrected chi connectivity index (χ2v) is 3.84. The van der Waals surface area contributed by atoms with E-state index in [0.29, 0.717) is 11.3 Å². The van der Waals surface area contributed by atoms with E-state index in [1.807, 2.05) is 22.6 Å². The Hall–Kier alpha value is -0.490. The van der Waals surface area contributed by atoms with Crippen LogP contribution >= 0.6 is 34.2 Å². The van der Waals surface area contributed by atoms with Gasteiger partial charge in [0, 0.05) is 3.57 Å². The molecule has 0 radical (unpaired) electrons. The van der Waals surface area contributed by atoms with E-state index >= 15 is 0 Å². The Kier molecular flexibility index (Phi) is 3.38. The molecule has 0 aliphatic heterocycles. The number of primary amides is 1. The van der Waals surface area contributed by atoms with Gasteiger partial charge in [-0.1, -0.05) is 11.6 Å². The zero-order valence-electron chi connectivity index (χ0n) is 6.80. The molecule has 0 aliphatic rings. The number of methoxy groups -OCH3 is 1. The lowest BCUT2D eigenvalue weighted by molar-refractivity contribution is 0.0999. The maximum Gasteiger partial charge on any atom is 0.251 e. The fraction of sp³-hybridized carbons (Fsp3) is 0.125. The van der Waals surface area contributed by atoms with Gasteiger partial charge < -0.3 is 10.5 Å². The van der Waals surface area contributed by atoms with Gasteiger partial charge in [-0.2, -0.15) is 0 Å². The molecule has 0 fully saturated rings. The van der Waals surface area contributed by atoms with E-state index in [1.54, 1.807) is 12.1 Å². The molecule has 13 heavy (non-hydrogen) atoms. The number of benzene rings is 1. The van der Waals surface area contributed by atoms with Gasteiger partial charge in [-0.25, -0.2) is 0 Å². The number of hydrogen-bond acceptors (Lipinski definition) is 2. The van der Waals surface area contributed by atoms with E-state index in [2.05, 4.69) is 0 Å². The highest BCUT2D eigenvalue weighted by molar-refractivity contribution is 14.1. The summed E-state index contributed by atoms with van der Waals surface area (Å²) in [5, 5.41) is 0.266. The van der Waals surface area contributed by atoms with Crippen molar-refractivity contribution in [1.29, 1.82) is 0 Å². The maximum absolute atomic E-state index is 11.0. The summed E-state index contributed by atoms with van der Waals surface area (Å²) in [6.45, 7) is 0. The number of carbonyl (C=O) groups excluding carboxylic acids is 1. The normalized spacial score (nSPS) is 9.77. The Labute approximate surface area is 94.3 Å². The zero-order valence-corrected chi connectivity index (χ0v) is 9.72. The molecule has 5 heteroatoms. The molecule has 0 saturated carbocycles. The van der Waals surface area contributed by atoms with Crippen LogP contribution in [0.25, 0.3) is 0 Å². The molecule has 1 amide bonds. The SMILES string of the molecule is COc1ccc(I)c(C(N)=O)c1Cl. The van der Waals surface area contributed by atoms with Gasteiger partial charge in [0.1, 0.15) is 5.75 Å². The minimum Gasteiger partial charge on any atom is -0.495 e. The summed E-state index contributed by atoms with van der Waals surface area (Å²) < 4.78 is 5.67. The molecule has 70 valence electrons. The number of nitrogens with two attached hydrogens (primary N) is 1. The first-order valence-corrected chi connectivity index (χ1v) is 4.85. The first-order valence-electron chi connectivity index (χ1n) is 3.39. The molecule has 0 heterocycles. The Morgan fingerprint density at radius 2 is 2.23 bits per heavy atom. The van der Waals surface area contributed by atoms with Crippen molar-refractivity contribution in [3.05, 3.63) is 26.3 Å². The third kappa shape index (κ3) is 2.05. The minimum absolute atomic E-state index is 0.266. The number of halogens is 2. The molecule has 0 aliphatic carbocycles. The third-order valence-electron chi connectivity index (χ3n) is 1.52. The van der Waals surface area contributed by atoms with Gasteiger partial charge in [0.15, 0.2) is 0 Å². The largest absolute Gasteiger partial charge is 0.495 e. The van der Waals surface area contributed by atoms with Crippen LogP contribution in [0.15, 0.2) is 12.1 Å². The number of ether oxygens (including phenoxy) is 1. The Morgan fingerprint density at radius 1 is 1.62 bits per heavy atom. The molecule has 0 spiro atoms. The number of amides is 1. The topological polar surface area (TPSA) is 52.3 Å². The van der Waals surface area contributed by atoms with Crippen LogP contribution in [0.3, 0.4) is 0 Å². The molecule has 1 rings (SSSR count). The molecule has 0 unspecified atom stereocenters. The highest BCUT2D eigenvalue weighted by atomic mass is 127. The highest BCUT2D eigenvalue weighted by Gasteiger charge is 2.14. The second-order valence-electron chi connectivity index (χ2n) is 2.30. The van der Waals surface area contributed by atoms with Crippen LogP contribution in [0, 0.1) is 3.57 Å². The molecule has 0 bridgehead atoms. The van der Waals surface area contributed by atoms with Crippen molar-refractivity contribution in [2.75, 3.05) is 7.11 Å². The molecular weight excluding hydrogens is 304 g/mol. The van der Waals surface area contributed by atoms with Crippen LogP contribution in [-0.4, -0.2) is 13.0 Å². The van der Waals surface area contributed by atoms with E-state index < -0.39 is 5.91 Å². The molecule has 3 nitrogen and oxygen atoms in total. The summed E-state index contributed by atoms with van der Waals surface area (Å²) in [6, 6.07) is 3.42. The molecule has 1 aromatic rings. The van der Waals surface area contributed by atoms with Gasteiger partial charge in [-0.15, -0.1) is 0 Å². The van der Waals surface area contributed by atoms with Gasteiger partial charge >= 0.3 is 0 Å². The summed E-state index contributed by atoms with van der Waals surface area (Å²) in [5.41, 5.74) is 5.46. The van der Waals surface area contributed by atoms with Crippen molar-refractivity contribution in [1.82, 2.24) is 0 Å². The van der Waals surface area contributed by atoms with Crippen molar-refractivity contribution in [2.24, 2.45) is 5.73 Å². The summed E-state index contributed by atoms with van der Waals surface area (Å²) in [6.07, 6.45) is 0. The third-order valence-corrected chi connectivity index (χ3v) is 2.80. The number of carbonyl (C=O) groups is 1. The summed E-state index contributed by atoms with van der Waals surface area (Å²) in [4.78, 5) is 11.0. The van der Waals surface area contributed by atoms with E-state index in [1.165, 1.54) is 7.11 Å². The van der Waals surface area contributed by atoms with Gasteiger partial charge in [-0.05, 0) is 34.7 Å². The summed E-state index contributed by atoms with van der Waals surface area (Å²) in [7, 11) is 1.48. The monoisotopic (exact) mass is 311 g/mol. The minimum atomic E-state index is -0.548. The number of hydrogen-bond donors (Lipinski definition) is 1. The van der Waals surface area contributed by atoms with Crippen LogP contribution in [0.1, 0.15) is 10.4 Å². The van der Waals surface area contributed by atoms with Gasteiger partial charge in [0.05, 0.1) is 17.7 Å². The molecular formula is C8H7ClINO2. The van der Waals surface area contributed by atoms with Crippen LogP contribution in [0.5, 0.6) is 5.75 Å². The summed E-state index contributed by atoms with van der Waals surface area (Å²) in [5.74, 6) is -0.0933. The lowest BCUT2D eigenvalue weighted by atomic mass is 10.2. The quantitative estimate of drug-likeness (QED) is 0.850. The lowest BCUT2D eigenvalue weighted by Crippen LogP contribution is -2.13. The van der Waals surface area contributed by atoms with Gasteiger partial charge in [-0.3, -0.25) is 4.79 Å². The predicted octanol–water partition coefficient (Wildman–Crippen LogP) is 2.05. The zero-order chi connectivity index (χ0) is 10.0. The average molecular weight is 312 g/mol. The Bertz CT molecular complexity index is 354. The molecule has 2 N–H and O–H groups in total. The van der Waals surface area contributed by atoms with Crippen molar-refractivity contribution >= 4 is 40.1 Å². The van der Waals surface area contributed by atoms with E-state index in [9.17, 15) is 4.79 Å². The predicted molar refractivity (Wildman–Crippen MR) is 59.2 cm³/mol. The van der Waals surface area contributed by atoms with Gasteiger partial charge in [0.25, 0.3) is 5.91 Å². The fourth-order valence-electron chi connectivity index (χ4n) is 0.917. The van der Waals surface area contributed by atoms with Crippen LogP contribution in [0.4, 0.5) is 0 Å². The van der Waals surface area contributed by atoms with E-state index in [4.69, 9.17) is 22.1 Å². The lowest BCUT2D eigenvalue weighted by Gasteiger charge is -2.07. The molecule has 1 aromatic carbocycles. The summed E-state index contributed by atoms with van der Waals surface area (Å²) >= 11 is 7.87. The molecule has 0 atom stereocenters. The van der Waals surface area contributed by atoms with Crippen molar-refractivity contribution in [2.45, 2.75) is 0 Å². The van der Waals surface area contributed by atoms with Crippen molar-refractivity contribution in [3.63, 3.8) is 0 Å².